The Hall–Kier alpha value is -3.36. The van der Waals surface area contributed by atoms with Crippen LogP contribution in [0.25, 0.3) is 0 Å². The number of ether oxygens (including phenoxy) is 1. The van der Waals surface area contributed by atoms with Crippen LogP contribution in [-0.2, 0) is 14.3 Å². The van der Waals surface area contributed by atoms with Gasteiger partial charge in [0.25, 0.3) is 0 Å². The smallest absolute Gasteiger partial charge is 0.321 e. The highest BCUT2D eigenvalue weighted by Gasteiger charge is 2.43. The first-order chi connectivity index (χ1) is 14.6. The lowest BCUT2D eigenvalue weighted by Gasteiger charge is -2.39. The summed E-state index contributed by atoms with van der Waals surface area (Å²) in [6, 6.07) is 9.24. The van der Waals surface area contributed by atoms with Gasteiger partial charge in [-0.3, -0.25) is 14.9 Å². The van der Waals surface area contributed by atoms with Crippen LogP contribution in [0.4, 0.5) is 10.1 Å². The van der Waals surface area contributed by atoms with Gasteiger partial charge >= 0.3 is 5.97 Å². The van der Waals surface area contributed by atoms with Gasteiger partial charge in [-0.2, -0.15) is 0 Å². The number of esters is 1. The van der Waals surface area contributed by atoms with Crippen LogP contribution >= 0.6 is 0 Å². The van der Waals surface area contributed by atoms with Crippen molar-refractivity contribution in [2.24, 2.45) is 10.9 Å². The molecule has 158 valence electrons. The minimum atomic E-state index is -1.11. The molecule has 3 heterocycles. The van der Waals surface area contributed by atoms with Crippen molar-refractivity contribution >= 4 is 23.5 Å². The highest BCUT2D eigenvalue weighted by molar-refractivity contribution is 6.08. The molecule has 8 nitrogen and oxygen atoms in total. The van der Waals surface area contributed by atoms with E-state index in [2.05, 4.69) is 10.3 Å². The Morgan fingerprint density at radius 3 is 2.60 bits per heavy atom. The monoisotopic (exact) mass is 414 g/mol. The quantitative estimate of drug-likeness (QED) is 0.608. The number of carbonyl (C=O) groups is 2. The molecule has 1 aromatic heterocycles. The number of piperazine rings is 1. The molecule has 0 spiro atoms. The molecular weight excluding hydrogens is 391 g/mol. The molecule has 1 fully saturated rings. The van der Waals surface area contributed by atoms with Crippen molar-refractivity contribution in [3.05, 3.63) is 54.2 Å². The molecule has 0 saturated carbocycles. The first kappa shape index (κ1) is 19.9. The summed E-state index contributed by atoms with van der Waals surface area (Å²) < 4.78 is 24.6. The molecule has 2 aromatic rings. The van der Waals surface area contributed by atoms with Gasteiger partial charge in [0.2, 0.25) is 11.9 Å². The van der Waals surface area contributed by atoms with Crippen LogP contribution in [-0.4, -0.2) is 55.5 Å². The largest absolute Gasteiger partial charge is 0.467 e. The molecule has 2 unspecified atom stereocenters. The van der Waals surface area contributed by atoms with E-state index in [0.717, 1.165) is 0 Å². The Labute approximate surface area is 173 Å². The standard InChI is InChI=1S/C21H23FN4O4/c1-2-29-20(28)17-18(16-8-5-13-30-16)23-21(24-19(17)27)26-11-9-25(10-12-26)15-7-4-3-6-14(15)22/h3-8,13,17-18H,2,9-12H2,1H3,(H,23,24,27). The van der Waals surface area contributed by atoms with Crippen LogP contribution in [0, 0.1) is 11.7 Å². The number of amides is 1. The average molecular weight is 414 g/mol. The number of aliphatic imine (C=N–C) groups is 1. The summed E-state index contributed by atoms with van der Waals surface area (Å²) in [5, 5.41) is 2.74. The number of para-hydroxylation sites is 1. The molecule has 0 bridgehead atoms. The van der Waals surface area contributed by atoms with Crippen molar-refractivity contribution in [3.63, 3.8) is 0 Å². The number of anilines is 1. The molecular formula is C21H23FN4O4. The van der Waals surface area contributed by atoms with Gasteiger partial charge in [0.05, 0.1) is 18.6 Å². The molecule has 9 heteroatoms. The summed E-state index contributed by atoms with van der Waals surface area (Å²) in [6.07, 6.45) is 1.48. The normalized spacial score (nSPS) is 21.8. The highest BCUT2D eigenvalue weighted by Crippen LogP contribution is 2.31. The van der Waals surface area contributed by atoms with Crippen LogP contribution in [0.5, 0.6) is 0 Å². The van der Waals surface area contributed by atoms with Gasteiger partial charge in [-0.15, -0.1) is 0 Å². The zero-order chi connectivity index (χ0) is 21.1. The van der Waals surface area contributed by atoms with E-state index in [1.807, 2.05) is 9.80 Å². The molecule has 1 aromatic carbocycles. The van der Waals surface area contributed by atoms with E-state index < -0.39 is 23.8 Å². The van der Waals surface area contributed by atoms with E-state index in [1.165, 1.54) is 12.3 Å². The van der Waals surface area contributed by atoms with E-state index in [9.17, 15) is 14.0 Å². The molecule has 4 rings (SSSR count). The molecule has 0 aliphatic carbocycles. The molecule has 30 heavy (non-hydrogen) atoms. The maximum atomic E-state index is 14.1. The van der Waals surface area contributed by atoms with Crippen molar-refractivity contribution in [1.82, 2.24) is 10.2 Å². The van der Waals surface area contributed by atoms with Gasteiger partial charge in [-0.05, 0) is 31.2 Å². The number of rotatable bonds is 4. The van der Waals surface area contributed by atoms with Crippen LogP contribution in [0.2, 0.25) is 0 Å². The number of hydrogen-bond donors (Lipinski definition) is 1. The molecule has 1 N–H and O–H groups in total. The lowest BCUT2D eigenvalue weighted by molar-refractivity contribution is -0.153. The average Bonchev–Trinajstić information content (AvgIpc) is 3.29. The molecule has 2 aliphatic rings. The van der Waals surface area contributed by atoms with E-state index in [1.54, 1.807) is 37.3 Å². The summed E-state index contributed by atoms with van der Waals surface area (Å²) in [5.74, 6) is -1.68. The molecule has 2 atom stereocenters. The van der Waals surface area contributed by atoms with E-state index >= 15 is 0 Å². The Morgan fingerprint density at radius 2 is 1.93 bits per heavy atom. The molecule has 1 saturated heterocycles. The van der Waals surface area contributed by atoms with Crippen molar-refractivity contribution < 1.29 is 23.1 Å². The summed E-state index contributed by atoms with van der Waals surface area (Å²) in [7, 11) is 0. The number of carbonyl (C=O) groups excluding carboxylic acids is 2. The number of furan rings is 1. The highest BCUT2D eigenvalue weighted by atomic mass is 19.1. The summed E-state index contributed by atoms with van der Waals surface area (Å²) >= 11 is 0. The number of hydrogen-bond acceptors (Lipinski definition) is 7. The summed E-state index contributed by atoms with van der Waals surface area (Å²) in [5.41, 5.74) is 0.558. The molecule has 0 radical (unpaired) electrons. The fourth-order valence-electron chi connectivity index (χ4n) is 3.75. The fraction of sp³-hybridized carbons (Fsp3) is 0.381. The van der Waals surface area contributed by atoms with E-state index in [-0.39, 0.29) is 12.4 Å². The Balaban J connectivity index is 1.53. The summed E-state index contributed by atoms with van der Waals surface area (Å²) in [6.45, 7) is 4.09. The van der Waals surface area contributed by atoms with Crippen molar-refractivity contribution in [2.45, 2.75) is 13.0 Å². The van der Waals surface area contributed by atoms with Gasteiger partial charge in [-0.1, -0.05) is 12.1 Å². The van der Waals surface area contributed by atoms with Gasteiger partial charge in [0.1, 0.15) is 17.6 Å². The van der Waals surface area contributed by atoms with Crippen molar-refractivity contribution in [3.8, 4) is 0 Å². The van der Waals surface area contributed by atoms with Gasteiger partial charge in [0, 0.05) is 26.2 Å². The SMILES string of the molecule is CCOC(=O)C1C(=O)NC(N2CCN(c3ccccc3F)CC2)=NC1c1ccco1. The first-order valence-electron chi connectivity index (χ1n) is 9.91. The Bertz CT molecular complexity index is 938. The zero-order valence-corrected chi connectivity index (χ0v) is 16.6. The molecule has 2 aliphatic heterocycles. The van der Waals surface area contributed by atoms with Crippen LogP contribution in [0.15, 0.2) is 52.1 Å². The van der Waals surface area contributed by atoms with Crippen molar-refractivity contribution in [2.75, 3.05) is 37.7 Å². The number of guanidine groups is 1. The van der Waals surface area contributed by atoms with Crippen LogP contribution < -0.4 is 10.2 Å². The van der Waals surface area contributed by atoms with E-state index in [4.69, 9.17) is 9.15 Å². The topological polar surface area (TPSA) is 87.4 Å². The second-order valence-electron chi connectivity index (χ2n) is 7.06. The minimum absolute atomic E-state index is 0.169. The predicted octanol–water partition coefficient (Wildman–Crippen LogP) is 1.95. The fourth-order valence-corrected chi connectivity index (χ4v) is 3.75. The summed E-state index contributed by atoms with van der Waals surface area (Å²) in [4.78, 5) is 33.7. The van der Waals surface area contributed by atoms with Crippen LogP contribution in [0.1, 0.15) is 18.7 Å². The third-order valence-corrected chi connectivity index (χ3v) is 5.24. The number of halogens is 1. The third kappa shape index (κ3) is 3.87. The number of benzene rings is 1. The first-order valence-corrected chi connectivity index (χ1v) is 9.91. The second-order valence-corrected chi connectivity index (χ2v) is 7.06. The Morgan fingerprint density at radius 1 is 1.20 bits per heavy atom. The van der Waals surface area contributed by atoms with Crippen LogP contribution in [0.3, 0.4) is 0 Å². The zero-order valence-electron chi connectivity index (χ0n) is 16.6. The molecule has 1 amide bonds. The van der Waals surface area contributed by atoms with Gasteiger partial charge in [0.15, 0.2) is 5.92 Å². The lowest BCUT2D eigenvalue weighted by atomic mass is 9.95. The predicted molar refractivity (Wildman–Crippen MR) is 107 cm³/mol. The Kier molecular flexibility index (Phi) is 5.69. The lowest BCUT2D eigenvalue weighted by Crippen LogP contribution is -2.57. The number of nitrogens with zero attached hydrogens (tertiary/aromatic N) is 3. The second kappa shape index (κ2) is 8.56. The maximum absolute atomic E-state index is 14.1. The third-order valence-electron chi connectivity index (χ3n) is 5.24. The minimum Gasteiger partial charge on any atom is -0.467 e. The van der Waals surface area contributed by atoms with Crippen molar-refractivity contribution in [1.29, 1.82) is 0 Å². The maximum Gasteiger partial charge on any atom is 0.321 e. The number of nitrogens with one attached hydrogen (secondary N) is 1. The van der Waals surface area contributed by atoms with Gasteiger partial charge in [-0.25, -0.2) is 9.38 Å². The van der Waals surface area contributed by atoms with E-state index in [0.29, 0.717) is 43.6 Å². The van der Waals surface area contributed by atoms with Gasteiger partial charge < -0.3 is 19.0 Å².